The number of carbonyl (C=O) groups excluding carboxylic acids is 1. The lowest BCUT2D eigenvalue weighted by Crippen LogP contribution is -2.28. The molecule has 2 amide bonds. The molecule has 15 heavy (non-hydrogen) atoms. The van der Waals surface area contributed by atoms with Crippen molar-refractivity contribution in [2.24, 2.45) is 0 Å². The second-order valence-electron chi connectivity index (χ2n) is 2.68. The first kappa shape index (κ1) is 11.0. The van der Waals surface area contributed by atoms with Crippen molar-refractivity contribution in [3.05, 3.63) is 29.8 Å². The van der Waals surface area contributed by atoms with Crippen LogP contribution in [0.1, 0.15) is 12.5 Å². The first-order valence-corrected chi connectivity index (χ1v) is 4.45. The van der Waals surface area contributed by atoms with Crippen LogP contribution in [0.25, 0.3) is 0 Å². The van der Waals surface area contributed by atoms with Gasteiger partial charge in [-0.3, -0.25) is 4.84 Å². The fraction of sp³-hybridized carbons (Fsp3) is 0.200. The highest BCUT2D eigenvalue weighted by Gasteiger charge is 2.00. The van der Waals surface area contributed by atoms with Gasteiger partial charge < -0.3 is 5.32 Å². The van der Waals surface area contributed by atoms with Crippen molar-refractivity contribution in [1.29, 1.82) is 5.26 Å². The number of rotatable bonds is 3. The van der Waals surface area contributed by atoms with Crippen molar-refractivity contribution in [3.63, 3.8) is 0 Å². The summed E-state index contributed by atoms with van der Waals surface area (Å²) in [5.74, 6) is 0. The number of hydrogen-bond donors (Lipinski definition) is 2. The molecule has 0 bridgehead atoms. The summed E-state index contributed by atoms with van der Waals surface area (Å²) < 4.78 is 0. The zero-order valence-corrected chi connectivity index (χ0v) is 8.28. The number of nitrogens with one attached hydrogen (secondary N) is 2. The molecular formula is C10H11N3O2. The number of benzene rings is 1. The van der Waals surface area contributed by atoms with E-state index in [0.717, 1.165) is 0 Å². The SMILES string of the molecule is CCONC(=O)Nc1ccc(C#N)cc1. The standard InChI is InChI=1S/C10H11N3O2/c1-2-15-13-10(14)12-9-5-3-8(7-11)4-6-9/h3-6H,2H2,1H3,(H2,12,13,14). The molecule has 0 aromatic heterocycles. The van der Waals surface area contributed by atoms with E-state index in [1.165, 1.54) is 0 Å². The number of carbonyl (C=O) groups is 1. The van der Waals surface area contributed by atoms with Gasteiger partial charge in [0, 0.05) is 5.69 Å². The zero-order valence-electron chi connectivity index (χ0n) is 8.28. The van der Waals surface area contributed by atoms with Crippen molar-refractivity contribution in [2.45, 2.75) is 6.92 Å². The largest absolute Gasteiger partial charge is 0.343 e. The molecule has 0 unspecified atom stereocenters. The van der Waals surface area contributed by atoms with E-state index >= 15 is 0 Å². The molecule has 2 N–H and O–H groups in total. The lowest BCUT2D eigenvalue weighted by Gasteiger charge is -2.05. The van der Waals surface area contributed by atoms with Crippen LogP contribution in [0.2, 0.25) is 0 Å². The number of nitrogens with zero attached hydrogens (tertiary/aromatic N) is 1. The van der Waals surface area contributed by atoms with Gasteiger partial charge in [0.15, 0.2) is 0 Å². The van der Waals surface area contributed by atoms with Gasteiger partial charge in [0.25, 0.3) is 0 Å². The second kappa shape index (κ2) is 5.62. The van der Waals surface area contributed by atoms with Crippen LogP contribution in [-0.4, -0.2) is 12.6 Å². The predicted octanol–water partition coefficient (Wildman–Crippen LogP) is 1.63. The van der Waals surface area contributed by atoms with Gasteiger partial charge >= 0.3 is 6.03 Å². The summed E-state index contributed by atoms with van der Waals surface area (Å²) >= 11 is 0. The molecule has 0 spiro atoms. The maximum Gasteiger partial charge on any atom is 0.343 e. The molecular weight excluding hydrogens is 194 g/mol. The average molecular weight is 205 g/mol. The minimum Gasteiger partial charge on any atom is -0.306 e. The first-order chi connectivity index (χ1) is 7.26. The number of anilines is 1. The summed E-state index contributed by atoms with van der Waals surface area (Å²) in [7, 11) is 0. The van der Waals surface area contributed by atoms with Crippen molar-refractivity contribution in [2.75, 3.05) is 11.9 Å². The van der Waals surface area contributed by atoms with Gasteiger partial charge in [-0.2, -0.15) is 5.26 Å². The molecule has 1 aromatic carbocycles. The Kier molecular flexibility index (Phi) is 4.13. The minimum absolute atomic E-state index is 0.404. The number of amides is 2. The van der Waals surface area contributed by atoms with Gasteiger partial charge in [0.1, 0.15) is 0 Å². The van der Waals surface area contributed by atoms with Crippen LogP contribution in [0, 0.1) is 11.3 Å². The fourth-order valence-electron chi connectivity index (χ4n) is 0.922. The van der Waals surface area contributed by atoms with E-state index in [-0.39, 0.29) is 0 Å². The Morgan fingerprint density at radius 3 is 2.67 bits per heavy atom. The molecule has 0 aliphatic carbocycles. The van der Waals surface area contributed by atoms with E-state index in [1.807, 2.05) is 6.07 Å². The van der Waals surface area contributed by atoms with Crippen molar-refractivity contribution >= 4 is 11.7 Å². The van der Waals surface area contributed by atoms with Crippen LogP contribution in [0.4, 0.5) is 10.5 Å². The van der Waals surface area contributed by atoms with Crippen molar-refractivity contribution < 1.29 is 9.63 Å². The van der Waals surface area contributed by atoms with E-state index in [9.17, 15) is 4.79 Å². The molecule has 5 nitrogen and oxygen atoms in total. The van der Waals surface area contributed by atoms with E-state index in [4.69, 9.17) is 10.1 Å². The van der Waals surface area contributed by atoms with E-state index < -0.39 is 6.03 Å². The Morgan fingerprint density at radius 2 is 2.13 bits per heavy atom. The predicted molar refractivity (Wildman–Crippen MR) is 54.9 cm³/mol. The minimum atomic E-state index is -0.443. The monoisotopic (exact) mass is 205 g/mol. The summed E-state index contributed by atoms with van der Waals surface area (Å²) in [6.07, 6.45) is 0. The third-order valence-electron chi connectivity index (χ3n) is 1.58. The van der Waals surface area contributed by atoms with Crippen molar-refractivity contribution in [3.8, 4) is 6.07 Å². The summed E-state index contributed by atoms with van der Waals surface area (Å²) in [5, 5.41) is 11.1. The van der Waals surface area contributed by atoms with Crippen LogP contribution in [0.15, 0.2) is 24.3 Å². The van der Waals surface area contributed by atoms with Crippen molar-refractivity contribution in [1.82, 2.24) is 5.48 Å². The Labute approximate surface area is 87.6 Å². The Hall–Kier alpha value is -2.06. The third-order valence-corrected chi connectivity index (χ3v) is 1.58. The molecule has 0 aliphatic rings. The number of hydroxylamine groups is 1. The molecule has 0 fully saturated rings. The number of nitriles is 1. The quantitative estimate of drug-likeness (QED) is 0.736. The molecule has 0 radical (unpaired) electrons. The van der Waals surface area contributed by atoms with Crippen LogP contribution >= 0.6 is 0 Å². The summed E-state index contributed by atoms with van der Waals surface area (Å²) in [6, 6.07) is 8.07. The molecule has 1 aromatic rings. The maximum atomic E-state index is 11.1. The molecule has 0 heterocycles. The van der Waals surface area contributed by atoms with Gasteiger partial charge in [-0.15, -0.1) is 0 Å². The van der Waals surface area contributed by atoms with E-state index in [1.54, 1.807) is 31.2 Å². The fourth-order valence-corrected chi connectivity index (χ4v) is 0.922. The van der Waals surface area contributed by atoms with Gasteiger partial charge in [-0.1, -0.05) is 0 Å². The topological polar surface area (TPSA) is 74.2 Å². The number of hydrogen-bond acceptors (Lipinski definition) is 3. The van der Waals surface area contributed by atoms with Crippen LogP contribution < -0.4 is 10.8 Å². The molecule has 0 saturated carbocycles. The first-order valence-electron chi connectivity index (χ1n) is 4.45. The summed E-state index contributed by atoms with van der Waals surface area (Å²) in [5.41, 5.74) is 3.34. The lowest BCUT2D eigenvalue weighted by molar-refractivity contribution is 0.0758. The van der Waals surface area contributed by atoms with Gasteiger partial charge in [0.05, 0.1) is 18.2 Å². The average Bonchev–Trinajstić information content (AvgIpc) is 2.27. The summed E-state index contributed by atoms with van der Waals surface area (Å²) in [4.78, 5) is 15.8. The van der Waals surface area contributed by atoms with Gasteiger partial charge in [-0.25, -0.2) is 10.3 Å². The molecule has 0 aliphatic heterocycles. The summed E-state index contributed by atoms with van der Waals surface area (Å²) in [6.45, 7) is 2.17. The third kappa shape index (κ3) is 3.67. The van der Waals surface area contributed by atoms with Gasteiger partial charge in [0.2, 0.25) is 0 Å². The molecule has 5 heteroatoms. The second-order valence-corrected chi connectivity index (χ2v) is 2.68. The van der Waals surface area contributed by atoms with Crippen LogP contribution in [-0.2, 0) is 4.84 Å². The Bertz CT molecular complexity index is 367. The number of urea groups is 1. The van der Waals surface area contributed by atoms with E-state index in [0.29, 0.717) is 17.9 Å². The highest BCUT2D eigenvalue weighted by atomic mass is 16.7. The van der Waals surface area contributed by atoms with Gasteiger partial charge in [-0.05, 0) is 31.2 Å². The van der Waals surface area contributed by atoms with Crippen LogP contribution in [0.5, 0.6) is 0 Å². The van der Waals surface area contributed by atoms with Crippen LogP contribution in [0.3, 0.4) is 0 Å². The lowest BCUT2D eigenvalue weighted by atomic mass is 10.2. The Morgan fingerprint density at radius 1 is 1.47 bits per heavy atom. The highest BCUT2D eigenvalue weighted by Crippen LogP contribution is 2.08. The normalized spacial score (nSPS) is 9.07. The molecule has 1 rings (SSSR count). The smallest absolute Gasteiger partial charge is 0.306 e. The van der Waals surface area contributed by atoms with E-state index in [2.05, 4.69) is 10.8 Å². The zero-order chi connectivity index (χ0) is 11.1. The molecule has 0 saturated heterocycles. The molecule has 78 valence electrons. The highest BCUT2D eigenvalue weighted by molar-refractivity contribution is 5.88. The molecule has 0 atom stereocenters. The Balaban J connectivity index is 2.50. The maximum absolute atomic E-state index is 11.1.